The molecule has 0 aromatic heterocycles. The highest BCUT2D eigenvalue weighted by Crippen LogP contribution is 2.66. The van der Waals surface area contributed by atoms with Gasteiger partial charge in [0.05, 0.1) is 30.1 Å². The minimum absolute atomic E-state index is 0.0502. The molecule has 0 aliphatic carbocycles. The van der Waals surface area contributed by atoms with Gasteiger partial charge in [-0.05, 0) is 62.6 Å². The highest BCUT2D eigenvalue weighted by Gasteiger charge is 2.80. The normalized spacial score (nSPS) is 31.1. The van der Waals surface area contributed by atoms with Crippen molar-refractivity contribution in [2.45, 2.75) is 90.1 Å². The molecule has 42 heavy (non-hydrogen) atoms. The summed E-state index contributed by atoms with van der Waals surface area (Å²) in [5, 5.41) is 16.9. The molecule has 3 unspecified atom stereocenters. The first-order valence-electron chi connectivity index (χ1n) is 15.0. The Balaban J connectivity index is 1.60. The summed E-state index contributed by atoms with van der Waals surface area (Å²) in [6, 6.07) is 16.6. The third-order valence-electron chi connectivity index (χ3n) is 9.45. The van der Waals surface area contributed by atoms with Gasteiger partial charge >= 0.3 is 0 Å². The zero-order valence-electron chi connectivity index (χ0n) is 25.8. The number of benzene rings is 2. The number of carbonyl (C=O) groups is 3. The Morgan fingerprint density at radius 3 is 2.19 bits per heavy atom. The average molecular weight is 576 g/mol. The number of fused-ring (bicyclic) bond motifs is 1. The summed E-state index contributed by atoms with van der Waals surface area (Å²) in [5.41, 5.74) is -1.42. The fraction of sp³-hybridized carbons (Fsp3) is 0.559. The molecule has 3 saturated heterocycles. The Hall–Kier alpha value is -3.23. The quantitative estimate of drug-likeness (QED) is 0.423. The second-order valence-corrected chi connectivity index (χ2v) is 14.5. The van der Waals surface area contributed by atoms with Crippen LogP contribution >= 0.6 is 0 Å². The Kier molecular flexibility index (Phi) is 7.55. The van der Waals surface area contributed by atoms with Crippen molar-refractivity contribution in [3.05, 3.63) is 66.2 Å². The number of anilines is 1. The van der Waals surface area contributed by atoms with Gasteiger partial charge in [-0.15, -0.1) is 0 Å². The van der Waals surface area contributed by atoms with Crippen LogP contribution < -0.4 is 10.6 Å². The Morgan fingerprint density at radius 1 is 1.02 bits per heavy atom. The molecule has 8 nitrogen and oxygen atoms in total. The van der Waals surface area contributed by atoms with E-state index in [9.17, 15) is 19.5 Å². The number of amides is 3. The summed E-state index contributed by atoms with van der Waals surface area (Å²) in [6.07, 6.45) is 1.16. The third kappa shape index (κ3) is 5.02. The molecule has 3 heterocycles. The summed E-state index contributed by atoms with van der Waals surface area (Å²) in [6.45, 7) is 13.9. The highest BCUT2D eigenvalue weighted by molar-refractivity contribution is 6.02. The molecule has 2 aromatic carbocycles. The van der Waals surface area contributed by atoms with Gasteiger partial charge < -0.3 is 25.4 Å². The van der Waals surface area contributed by atoms with Crippen LogP contribution in [0, 0.1) is 23.2 Å². The molecule has 3 fully saturated rings. The van der Waals surface area contributed by atoms with Gasteiger partial charge in [-0.2, -0.15) is 0 Å². The van der Waals surface area contributed by atoms with Crippen LogP contribution in [-0.2, 0) is 19.1 Å². The molecular weight excluding hydrogens is 530 g/mol. The van der Waals surface area contributed by atoms with Crippen LogP contribution in [-0.4, -0.2) is 57.1 Å². The van der Waals surface area contributed by atoms with Crippen LogP contribution in [0.25, 0.3) is 0 Å². The van der Waals surface area contributed by atoms with Gasteiger partial charge in [-0.3, -0.25) is 14.4 Å². The fourth-order valence-corrected chi connectivity index (χ4v) is 8.25. The number of hydrogen-bond acceptors (Lipinski definition) is 5. The van der Waals surface area contributed by atoms with Gasteiger partial charge in [-0.1, -0.05) is 76.2 Å². The Morgan fingerprint density at radius 2 is 1.62 bits per heavy atom. The van der Waals surface area contributed by atoms with E-state index in [1.54, 1.807) is 12.1 Å². The molecule has 5 rings (SSSR count). The molecule has 0 radical (unpaired) electrons. The van der Waals surface area contributed by atoms with Crippen molar-refractivity contribution in [3.63, 3.8) is 0 Å². The number of nitrogens with zero attached hydrogens (tertiary/aromatic N) is 1. The Labute approximate surface area is 249 Å². The Bertz CT molecular complexity index is 1340. The molecule has 3 aliphatic rings. The lowest BCUT2D eigenvalue weighted by Gasteiger charge is -2.40. The second-order valence-electron chi connectivity index (χ2n) is 14.5. The molecule has 3 amide bonds. The van der Waals surface area contributed by atoms with Crippen LogP contribution in [0.15, 0.2) is 60.7 Å². The number of hydrogen-bond donors (Lipinski definition) is 3. The van der Waals surface area contributed by atoms with Gasteiger partial charge in [0, 0.05) is 11.2 Å². The minimum atomic E-state index is -1.21. The molecule has 2 aromatic rings. The number of carbonyl (C=O) groups excluding carboxylic acids is 3. The van der Waals surface area contributed by atoms with E-state index in [0.29, 0.717) is 18.5 Å². The van der Waals surface area contributed by atoms with Gasteiger partial charge in [0.15, 0.2) is 0 Å². The van der Waals surface area contributed by atoms with Crippen molar-refractivity contribution >= 4 is 23.4 Å². The number of nitrogens with one attached hydrogen (secondary N) is 2. The van der Waals surface area contributed by atoms with Crippen LogP contribution in [0.4, 0.5) is 5.69 Å². The number of ether oxygens (including phenoxy) is 1. The largest absolute Gasteiger partial charge is 0.394 e. The molecular formula is C34H45N3O5. The van der Waals surface area contributed by atoms with E-state index in [-0.39, 0.29) is 35.7 Å². The van der Waals surface area contributed by atoms with Gasteiger partial charge in [0.25, 0.3) is 0 Å². The standard InChI is InChI=1S/C34H45N3O5/c1-21-18-34-26(25(33(21,7)42-34)28(39)35-23-16-12-9-13-17-23)30(41)37(24(19-38)22-14-10-8-11-15-22)27(34)29(40)36-32(5,6)20-31(2,3)4/h8-17,21,24-27,38H,18-20H2,1-7H3,(H,35,39)(H,36,40)/t21?,24-,25-,26+,27?,33+,34?/m1/s1. The maximum Gasteiger partial charge on any atom is 0.246 e. The van der Waals surface area contributed by atoms with Crippen LogP contribution in [0.2, 0.25) is 0 Å². The SMILES string of the molecule is CC1CC23O[C@]1(C)[C@@H](C(=O)Nc1ccccc1)[C@H]2C(=O)N([C@H](CO)c1ccccc1)C3C(=O)NC(C)(C)CC(C)(C)C. The zero-order chi connectivity index (χ0) is 30.7. The second kappa shape index (κ2) is 10.5. The van der Waals surface area contributed by atoms with Gasteiger partial charge in [0.2, 0.25) is 17.7 Å². The smallest absolute Gasteiger partial charge is 0.246 e. The van der Waals surface area contributed by atoms with E-state index < -0.39 is 40.7 Å². The highest BCUT2D eigenvalue weighted by atomic mass is 16.5. The lowest BCUT2D eigenvalue weighted by Crippen LogP contribution is -2.60. The number of para-hydroxylation sites is 1. The summed E-state index contributed by atoms with van der Waals surface area (Å²) >= 11 is 0. The predicted octanol–water partition coefficient (Wildman–Crippen LogP) is 4.70. The summed E-state index contributed by atoms with van der Waals surface area (Å²) in [4.78, 5) is 44.7. The van der Waals surface area contributed by atoms with Crippen molar-refractivity contribution in [1.29, 1.82) is 0 Å². The van der Waals surface area contributed by atoms with Crippen molar-refractivity contribution in [3.8, 4) is 0 Å². The third-order valence-corrected chi connectivity index (χ3v) is 9.45. The minimum Gasteiger partial charge on any atom is -0.394 e. The van der Waals surface area contributed by atoms with E-state index in [2.05, 4.69) is 31.4 Å². The maximum absolute atomic E-state index is 14.6. The maximum atomic E-state index is 14.6. The monoisotopic (exact) mass is 575 g/mol. The van der Waals surface area contributed by atoms with Crippen LogP contribution in [0.5, 0.6) is 0 Å². The van der Waals surface area contributed by atoms with Crippen LogP contribution in [0.1, 0.15) is 72.9 Å². The van der Waals surface area contributed by atoms with Gasteiger partial charge in [0.1, 0.15) is 11.6 Å². The fourth-order valence-electron chi connectivity index (χ4n) is 8.25. The predicted molar refractivity (Wildman–Crippen MR) is 161 cm³/mol. The molecule has 0 saturated carbocycles. The first-order chi connectivity index (χ1) is 19.6. The molecule has 1 spiro atoms. The lowest BCUT2D eigenvalue weighted by atomic mass is 9.62. The topological polar surface area (TPSA) is 108 Å². The molecule has 2 bridgehead atoms. The number of likely N-dealkylation sites (tertiary alicyclic amines) is 1. The molecule has 3 aliphatic heterocycles. The van der Waals surface area contributed by atoms with Crippen molar-refractivity contribution in [2.24, 2.45) is 23.2 Å². The van der Waals surface area contributed by atoms with E-state index in [1.807, 2.05) is 76.2 Å². The number of aliphatic hydroxyl groups is 1. The van der Waals surface area contributed by atoms with Crippen molar-refractivity contribution in [1.82, 2.24) is 10.2 Å². The van der Waals surface area contributed by atoms with E-state index in [0.717, 1.165) is 5.56 Å². The van der Waals surface area contributed by atoms with Crippen molar-refractivity contribution < 1.29 is 24.2 Å². The van der Waals surface area contributed by atoms with Crippen molar-refractivity contribution in [2.75, 3.05) is 11.9 Å². The van der Waals surface area contributed by atoms with E-state index >= 15 is 0 Å². The molecule has 8 heteroatoms. The zero-order valence-corrected chi connectivity index (χ0v) is 25.8. The molecule has 3 N–H and O–H groups in total. The van der Waals surface area contributed by atoms with Gasteiger partial charge in [-0.25, -0.2) is 0 Å². The lowest BCUT2D eigenvalue weighted by molar-refractivity contribution is -0.150. The summed E-state index contributed by atoms with van der Waals surface area (Å²) in [7, 11) is 0. The number of aliphatic hydroxyl groups excluding tert-OH is 1. The van der Waals surface area contributed by atoms with Crippen LogP contribution in [0.3, 0.4) is 0 Å². The first-order valence-corrected chi connectivity index (χ1v) is 15.0. The van der Waals surface area contributed by atoms with E-state index in [4.69, 9.17) is 4.74 Å². The summed E-state index contributed by atoms with van der Waals surface area (Å²) < 4.78 is 6.87. The first kappa shape index (κ1) is 30.2. The molecule has 226 valence electrons. The summed E-state index contributed by atoms with van der Waals surface area (Å²) in [5.74, 6) is -2.74. The average Bonchev–Trinajstić information content (AvgIpc) is 3.41. The number of rotatable bonds is 8. The van der Waals surface area contributed by atoms with E-state index in [1.165, 1.54) is 4.90 Å². The molecule has 7 atom stereocenters.